The highest BCUT2D eigenvalue weighted by Gasteiger charge is 2.15. The van der Waals surface area contributed by atoms with E-state index < -0.39 is 17.4 Å². The number of methoxy groups -OCH3 is 1. The average molecular weight is 442 g/mol. The Morgan fingerprint density at radius 1 is 1.19 bits per heavy atom. The van der Waals surface area contributed by atoms with Crippen molar-refractivity contribution in [1.29, 1.82) is 0 Å². The fraction of sp³-hybridized carbons (Fsp3) is 0.143. The van der Waals surface area contributed by atoms with Crippen LogP contribution in [0.3, 0.4) is 0 Å². The molecule has 0 aliphatic carbocycles. The summed E-state index contributed by atoms with van der Waals surface area (Å²) >= 11 is 5.93. The van der Waals surface area contributed by atoms with Gasteiger partial charge in [-0.1, -0.05) is 11.6 Å². The first-order valence-electron chi connectivity index (χ1n) is 9.22. The molecule has 2 aromatic carbocycles. The minimum atomic E-state index is -0.528. The maximum atomic E-state index is 13.2. The summed E-state index contributed by atoms with van der Waals surface area (Å²) in [5, 5.41) is 6.86. The number of carbonyl (C=O) groups excluding carboxylic acids is 1. The molecule has 0 atom stereocenters. The lowest BCUT2D eigenvalue weighted by atomic mass is 10.1. The van der Waals surface area contributed by atoms with Crippen LogP contribution >= 0.6 is 11.6 Å². The van der Waals surface area contributed by atoms with E-state index in [2.05, 4.69) is 15.4 Å². The van der Waals surface area contributed by atoms with E-state index >= 15 is 0 Å². The summed E-state index contributed by atoms with van der Waals surface area (Å²) in [4.78, 5) is 29.6. The van der Waals surface area contributed by atoms with Gasteiger partial charge < -0.3 is 10.1 Å². The Labute approximate surface area is 180 Å². The number of benzene rings is 2. The predicted molar refractivity (Wildman–Crippen MR) is 114 cm³/mol. The van der Waals surface area contributed by atoms with Gasteiger partial charge in [-0.3, -0.25) is 4.79 Å². The molecular weight excluding hydrogens is 425 g/mol. The van der Waals surface area contributed by atoms with Crippen LogP contribution in [0.1, 0.15) is 5.82 Å². The van der Waals surface area contributed by atoms with Crippen LogP contribution in [0.15, 0.2) is 53.3 Å². The lowest BCUT2D eigenvalue weighted by Crippen LogP contribution is -2.29. The lowest BCUT2D eigenvalue weighted by Gasteiger charge is -2.06. The molecule has 0 saturated carbocycles. The van der Waals surface area contributed by atoms with Gasteiger partial charge in [0.25, 0.3) is 0 Å². The Bertz CT molecular complexity index is 1350. The maximum Gasteiger partial charge on any atom is 0.352 e. The highest BCUT2D eigenvalue weighted by atomic mass is 35.5. The van der Waals surface area contributed by atoms with Gasteiger partial charge in [-0.05, 0) is 49.4 Å². The number of ether oxygens (including phenoxy) is 1. The molecule has 8 nitrogen and oxygen atoms in total. The fourth-order valence-corrected chi connectivity index (χ4v) is 3.34. The number of hydrogen-bond donors (Lipinski definition) is 1. The van der Waals surface area contributed by atoms with Crippen molar-refractivity contribution in [3.63, 3.8) is 0 Å². The first kappa shape index (κ1) is 20.5. The second-order valence-corrected chi connectivity index (χ2v) is 7.13. The monoisotopic (exact) mass is 441 g/mol. The number of halogens is 2. The minimum Gasteiger partial charge on any atom is -0.497 e. The van der Waals surface area contributed by atoms with Gasteiger partial charge >= 0.3 is 5.69 Å². The molecule has 10 heteroatoms. The standard InChI is InChI=1S/C21H17ClFN5O3/c1-12-24-18(13-3-6-15(31-2)7-4-13)10-19-26-27(21(30)28(12)19)11-20(29)25-17-8-5-14(23)9-16(17)22/h3-10H,11H2,1-2H3,(H,25,29). The zero-order valence-electron chi connectivity index (χ0n) is 16.6. The Morgan fingerprint density at radius 3 is 2.61 bits per heavy atom. The molecule has 0 aliphatic heterocycles. The number of carbonyl (C=O) groups is 1. The van der Waals surface area contributed by atoms with Crippen molar-refractivity contribution in [3.05, 3.63) is 75.7 Å². The highest BCUT2D eigenvalue weighted by molar-refractivity contribution is 6.33. The topological polar surface area (TPSA) is 90.5 Å². The molecule has 1 amide bonds. The summed E-state index contributed by atoms with van der Waals surface area (Å²) in [6, 6.07) is 12.6. The molecule has 4 aromatic rings. The predicted octanol–water partition coefficient (Wildman–Crippen LogP) is 3.31. The lowest BCUT2D eigenvalue weighted by molar-refractivity contribution is -0.117. The van der Waals surface area contributed by atoms with E-state index in [1.807, 2.05) is 24.3 Å². The summed E-state index contributed by atoms with van der Waals surface area (Å²) in [6.45, 7) is 1.34. The quantitative estimate of drug-likeness (QED) is 0.513. The molecule has 0 saturated heterocycles. The number of rotatable bonds is 5. The number of nitrogens with one attached hydrogen (secondary N) is 1. The Hall–Kier alpha value is -3.72. The highest BCUT2D eigenvalue weighted by Crippen LogP contribution is 2.23. The Morgan fingerprint density at radius 2 is 1.94 bits per heavy atom. The molecule has 0 spiro atoms. The molecule has 0 bridgehead atoms. The normalized spacial score (nSPS) is 11.0. The van der Waals surface area contributed by atoms with Gasteiger partial charge in [0.15, 0.2) is 5.65 Å². The average Bonchev–Trinajstić information content (AvgIpc) is 3.05. The maximum absolute atomic E-state index is 13.2. The van der Waals surface area contributed by atoms with Crippen LogP contribution < -0.4 is 15.7 Å². The Kier molecular flexibility index (Phi) is 5.43. The molecule has 0 fully saturated rings. The summed E-state index contributed by atoms with van der Waals surface area (Å²) in [7, 11) is 1.59. The van der Waals surface area contributed by atoms with E-state index in [0.29, 0.717) is 22.9 Å². The summed E-state index contributed by atoms with van der Waals surface area (Å²) < 4.78 is 20.7. The third-order valence-electron chi connectivity index (χ3n) is 4.62. The summed E-state index contributed by atoms with van der Waals surface area (Å²) in [5.41, 5.74) is 1.56. The van der Waals surface area contributed by atoms with E-state index in [1.165, 1.54) is 16.5 Å². The van der Waals surface area contributed by atoms with Gasteiger partial charge in [0.2, 0.25) is 5.91 Å². The van der Waals surface area contributed by atoms with E-state index in [0.717, 1.165) is 16.3 Å². The van der Waals surface area contributed by atoms with Crippen LogP contribution in [-0.2, 0) is 11.3 Å². The SMILES string of the molecule is COc1ccc(-c2cc3nn(CC(=O)Nc4ccc(F)cc4Cl)c(=O)n3c(C)n2)cc1. The first-order chi connectivity index (χ1) is 14.9. The Balaban J connectivity index is 1.63. The van der Waals surface area contributed by atoms with Crippen LogP contribution in [0.2, 0.25) is 5.02 Å². The molecule has 31 heavy (non-hydrogen) atoms. The van der Waals surface area contributed by atoms with Crippen LogP contribution in [0, 0.1) is 12.7 Å². The van der Waals surface area contributed by atoms with Crippen molar-refractivity contribution in [2.75, 3.05) is 12.4 Å². The zero-order valence-corrected chi connectivity index (χ0v) is 17.4. The fourth-order valence-electron chi connectivity index (χ4n) is 3.13. The van der Waals surface area contributed by atoms with Crippen LogP contribution in [-0.4, -0.2) is 32.2 Å². The molecule has 2 aromatic heterocycles. The second kappa shape index (κ2) is 8.19. The van der Waals surface area contributed by atoms with Crippen LogP contribution in [0.5, 0.6) is 5.75 Å². The molecule has 0 radical (unpaired) electrons. The molecule has 158 valence electrons. The largest absolute Gasteiger partial charge is 0.497 e. The van der Waals surface area contributed by atoms with E-state index in [4.69, 9.17) is 16.3 Å². The van der Waals surface area contributed by atoms with Crippen molar-refractivity contribution in [3.8, 4) is 17.0 Å². The van der Waals surface area contributed by atoms with E-state index in [1.54, 1.807) is 20.1 Å². The number of fused-ring (bicyclic) bond motifs is 1. The molecule has 4 rings (SSSR count). The van der Waals surface area contributed by atoms with E-state index in [9.17, 15) is 14.0 Å². The van der Waals surface area contributed by atoms with Gasteiger partial charge in [0.1, 0.15) is 23.9 Å². The van der Waals surface area contributed by atoms with Gasteiger partial charge in [-0.2, -0.15) is 0 Å². The van der Waals surface area contributed by atoms with Crippen molar-refractivity contribution in [1.82, 2.24) is 19.2 Å². The van der Waals surface area contributed by atoms with E-state index in [-0.39, 0.29) is 17.3 Å². The molecule has 1 N–H and O–H groups in total. The number of nitrogens with zero attached hydrogens (tertiary/aromatic N) is 4. The number of aromatic nitrogens is 4. The molecule has 2 heterocycles. The van der Waals surface area contributed by atoms with Crippen molar-refractivity contribution in [2.24, 2.45) is 0 Å². The van der Waals surface area contributed by atoms with Gasteiger partial charge in [0, 0.05) is 11.6 Å². The molecule has 0 aliphatic rings. The number of hydrogen-bond acceptors (Lipinski definition) is 5. The van der Waals surface area contributed by atoms with Crippen LogP contribution in [0.25, 0.3) is 16.9 Å². The van der Waals surface area contributed by atoms with Crippen molar-refractivity contribution in [2.45, 2.75) is 13.5 Å². The summed E-state index contributed by atoms with van der Waals surface area (Å²) in [6.07, 6.45) is 0. The van der Waals surface area contributed by atoms with Gasteiger partial charge in [0.05, 0.1) is 23.5 Å². The van der Waals surface area contributed by atoms with Gasteiger partial charge in [-0.25, -0.2) is 23.3 Å². The second-order valence-electron chi connectivity index (χ2n) is 6.72. The first-order valence-corrected chi connectivity index (χ1v) is 9.60. The molecular formula is C21H17ClFN5O3. The third kappa shape index (κ3) is 4.13. The molecule has 0 unspecified atom stereocenters. The number of anilines is 1. The van der Waals surface area contributed by atoms with Crippen LogP contribution in [0.4, 0.5) is 10.1 Å². The van der Waals surface area contributed by atoms with Crippen molar-refractivity contribution >= 4 is 28.8 Å². The third-order valence-corrected chi connectivity index (χ3v) is 4.93. The minimum absolute atomic E-state index is 0.0554. The summed E-state index contributed by atoms with van der Waals surface area (Å²) in [5.74, 6) is 0.103. The zero-order chi connectivity index (χ0) is 22.1. The van der Waals surface area contributed by atoms with Gasteiger partial charge in [-0.15, -0.1) is 5.10 Å². The van der Waals surface area contributed by atoms with Crippen molar-refractivity contribution < 1.29 is 13.9 Å². The number of amides is 1. The number of aryl methyl sites for hydroxylation is 1. The smallest absolute Gasteiger partial charge is 0.352 e.